The molecule has 0 bridgehead atoms. The SMILES string of the molecule is CCCN1CCC(Nc2c(N)c(CC)nn2C)CC1. The first kappa shape index (κ1) is 14.2. The Morgan fingerprint density at radius 1 is 1.32 bits per heavy atom. The Bertz CT molecular complexity index is 404. The van der Waals surface area contributed by atoms with Crippen LogP contribution < -0.4 is 11.1 Å². The van der Waals surface area contributed by atoms with Crippen LogP contribution in [0.25, 0.3) is 0 Å². The molecule has 0 saturated carbocycles. The molecule has 0 aliphatic carbocycles. The molecule has 1 aliphatic heterocycles. The zero-order valence-electron chi connectivity index (χ0n) is 12.4. The molecule has 0 atom stereocenters. The Morgan fingerprint density at radius 2 is 2.00 bits per heavy atom. The summed E-state index contributed by atoms with van der Waals surface area (Å²) in [6.45, 7) is 7.92. The van der Waals surface area contributed by atoms with Crippen molar-refractivity contribution in [1.29, 1.82) is 0 Å². The third kappa shape index (κ3) is 3.21. The van der Waals surface area contributed by atoms with E-state index < -0.39 is 0 Å². The van der Waals surface area contributed by atoms with E-state index in [1.165, 1.54) is 38.9 Å². The first-order chi connectivity index (χ1) is 9.15. The molecular weight excluding hydrogens is 238 g/mol. The average Bonchev–Trinajstić information content (AvgIpc) is 2.68. The summed E-state index contributed by atoms with van der Waals surface area (Å²) >= 11 is 0. The van der Waals surface area contributed by atoms with Crippen molar-refractivity contribution in [1.82, 2.24) is 14.7 Å². The highest BCUT2D eigenvalue weighted by atomic mass is 15.3. The van der Waals surface area contributed by atoms with Gasteiger partial charge in [-0.15, -0.1) is 0 Å². The Kier molecular flexibility index (Phi) is 4.69. The molecule has 1 aromatic heterocycles. The van der Waals surface area contributed by atoms with E-state index >= 15 is 0 Å². The molecule has 1 fully saturated rings. The van der Waals surface area contributed by atoms with Gasteiger partial charge in [-0.25, -0.2) is 0 Å². The quantitative estimate of drug-likeness (QED) is 0.853. The van der Waals surface area contributed by atoms with Gasteiger partial charge in [-0.1, -0.05) is 13.8 Å². The highest BCUT2D eigenvalue weighted by Gasteiger charge is 2.21. The van der Waals surface area contributed by atoms with Gasteiger partial charge in [0.2, 0.25) is 0 Å². The number of hydrogen-bond donors (Lipinski definition) is 2. The van der Waals surface area contributed by atoms with Crippen molar-refractivity contribution in [2.45, 2.75) is 45.6 Å². The van der Waals surface area contributed by atoms with Crippen LogP contribution in [0.5, 0.6) is 0 Å². The molecule has 3 N–H and O–H groups in total. The fraction of sp³-hybridized carbons (Fsp3) is 0.786. The van der Waals surface area contributed by atoms with Crippen LogP contribution in [0, 0.1) is 0 Å². The van der Waals surface area contributed by atoms with Crippen molar-refractivity contribution in [3.05, 3.63) is 5.69 Å². The van der Waals surface area contributed by atoms with Gasteiger partial charge in [0.15, 0.2) is 0 Å². The number of likely N-dealkylation sites (tertiary alicyclic amines) is 1. The molecule has 2 rings (SSSR count). The third-order valence-corrected chi connectivity index (χ3v) is 3.96. The van der Waals surface area contributed by atoms with Gasteiger partial charge < -0.3 is 16.0 Å². The van der Waals surface area contributed by atoms with Crippen LogP contribution in [0.2, 0.25) is 0 Å². The molecule has 1 aromatic rings. The lowest BCUT2D eigenvalue weighted by molar-refractivity contribution is 0.219. The van der Waals surface area contributed by atoms with Crippen molar-refractivity contribution in [2.24, 2.45) is 7.05 Å². The third-order valence-electron chi connectivity index (χ3n) is 3.96. The number of anilines is 2. The van der Waals surface area contributed by atoms with Crippen LogP contribution >= 0.6 is 0 Å². The Labute approximate surface area is 116 Å². The summed E-state index contributed by atoms with van der Waals surface area (Å²) in [6, 6.07) is 0.524. The van der Waals surface area contributed by atoms with Gasteiger partial charge >= 0.3 is 0 Å². The molecule has 1 saturated heterocycles. The molecule has 0 radical (unpaired) electrons. The van der Waals surface area contributed by atoms with Gasteiger partial charge in [0.1, 0.15) is 5.82 Å². The largest absolute Gasteiger partial charge is 0.394 e. The Morgan fingerprint density at radius 3 is 2.53 bits per heavy atom. The molecule has 0 spiro atoms. The standard InChI is InChI=1S/C14H27N5/c1-4-8-19-9-6-11(7-10-19)16-14-13(15)12(5-2)17-18(14)3/h11,16H,4-10,15H2,1-3H3. The lowest BCUT2D eigenvalue weighted by Gasteiger charge is -2.32. The second-order valence-electron chi connectivity index (χ2n) is 5.45. The maximum atomic E-state index is 6.15. The summed E-state index contributed by atoms with van der Waals surface area (Å²) < 4.78 is 1.88. The average molecular weight is 265 g/mol. The number of nitrogens with one attached hydrogen (secondary N) is 1. The lowest BCUT2D eigenvalue weighted by Crippen LogP contribution is -2.39. The number of nitrogens with two attached hydrogens (primary N) is 1. The first-order valence-electron chi connectivity index (χ1n) is 7.45. The number of hydrogen-bond acceptors (Lipinski definition) is 4. The summed E-state index contributed by atoms with van der Waals surface area (Å²) in [5.74, 6) is 0.991. The maximum Gasteiger partial charge on any atom is 0.147 e. The van der Waals surface area contributed by atoms with Gasteiger partial charge in [-0.3, -0.25) is 4.68 Å². The predicted octanol–water partition coefficient (Wildman–Crippen LogP) is 1.85. The fourth-order valence-electron chi connectivity index (χ4n) is 2.84. The summed E-state index contributed by atoms with van der Waals surface area (Å²) in [7, 11) is 1.96. The summed E-state index contributed by atoms with van der Waals surface area (Å²) in [6.07, 6.45) is 4.50. The van der Waals surface area contributed by atoms with Crippen molar-refractivity contribution >= 4 is 11.5 Å². The predicted molar refractivity (Wildman–Crippen MR) is 80.4 cm³/mol. The van der Waals surface area contributed by atoms with Crippen LogP contribution in [0.1, 0.15) is 38.8 Å². The number of aromatic nitrogens is 2. The first-order valence-corrected chi connectivity index (χ1v) is 7.45. The molecule has 5 nitrogen and oxygen atoms in total. The van der Waals surface area contributed by atoms with Crippen molar-refractivity contribution in [2.75, 3.05) is 30.7 Å². The van der Waals surface area contributed by atoms with Crippen LogP contribution in [-0.4, -0.2) is 40.4 Å². The normalized spacial score (nSPS) is 17.8. The zero-order chi connectivity index (χ0) is 13.8. The van der Waals surface area contributed by atoms with Crippen molar-refractivity contribution in [3.63, 3.8) is 0 Å². The number of piperidine rings is 1. The van der Waals surface area contributed by atoms with Crippen LogP contribution in [-0.2, 0) is 13.5 Å². The minimum atomic E-state index is 0.524. The van der Waals surface area contributed by atoms with E-state index in [-0.39, 0.29) is 0 Å². The van der Waals surface area contributed by atoms with Gasteiger partial charge in [0.05, 0.1) is 11.4 Å². The lowest BCUT2D eigenvalue weighted by atomic mass is 10.0. The molecule has 0 unspecified atom stereocenters. The molecule has 0 amide bonds. The number of nitrogens with zero attached hydrogens (tertiary/aromatic N) is 3. The van der Waals surface area contributed by atoms with Gasteiger partial charge in [-0.2, -0.15) is 5.10 Å². The molecule has 19 heavy (non-hydrogen) atoms. The fourth-order valence-corrected chi connectivity index (χ4v) is 2.84. The van der Waals surface area contributed by atoms with E-state index in [9.17, 15) is 0 Å². The second kappa shape index (κ2) is 6.28. The van der Waals surface area contributed by atoms with E-state index in [0.717, 1.165) is 23.6 Å². The summed E-state index contributed by atoms with van der Waals surface area (Å²) in [5.41, 5.74) is 7.96. The monoisotopic (exact) mass is 265 g/mol. The number of rotatable bonds is 5. The maximum absolute atomic E-state index is 6.15. The van der Waals surface area contributed by atoms with E-state index in [2.05, 4.69) is 29.2 Å². The highest BCUT2D eigenvalue weighted by Crippen LogP contribution is 2.25. The minimum absolute atomic E-state index is 0.524. The van der Waals surface area contributed by atoms with E-state index in [4.69, 9.17) is 5.73 Å². The van der Waals surface area contributed by atoms with Crippen LogP contribution in [0.3, 0.4) is 0 Å². The molecule has 1 aliphatic rings. The van der Waals surface area contributed by atoms with Crippen molar-refractivity contribution < 1.29 is 0 Å². The summed E-state index contributed by atoms with van der Waals surface area (Å²) in [5, 5.41) is 8.04. The number of nitrogen functional groups attached to an aromatic ring is 1. The van der Waals surface area contributed by atoms with Gasteiger partial charge in [0, 0.05) is 26.2 Å². The second-order valence-corrected chi connectivity index (χ2v) is 5.45. The highest BCUT2D eigenvalue weighted by molar-refractivity contribution is 5.65. The minimum Gasteiger partial charge on any atom is -0.394 e. The zero-order valence-corrected chi connectivity index (χ0v) is 12.4. The molecular formula is C14H27N5. The molecule has 2 heterocycles. The smallest absolute Gasteiger partial charge is 0.147 e. The topological polar surface area (TPSA) is 59.1 Å². The van der Waals surface area contributed by atoms with Gasteiger partial charge in [0.25, 0.3) is 0 Å². The van der Waals surface area contributed by atoms with E-state index in [1.807, 2.05) is 11.7 Å². The Balaban J connectivity index is 1.94. The van der Waals surface area contributed by atoms with Gasteiger partial charge in [-0.05, 0) is 32.2 Å². The molecule has 0 aromatic carbocycles. The van der Waals surface area contributed by atoms with Crippen LogP contribution in [0.15, 0.2) is 0 Å². The van der Waals surface area contributed by atoms with Crippen LogP contribution in [0.4, 0.5) is 11.5 Å². The Hall–Kier alpha value is -1.23. The summed E-state index contributed by atoms with van der Waals surface area (Å²) in [4.78, 5) is 2.54. The molecule has 5 heteroatoms. The van der Waals surface area contributed by atoms with E-state index in [1.54, 1.807) is 0 Å². The molecule has 108 valence electrons. The van der Waals surface area contributed by atoms with Crippen molar-refractivity contribution in [3.8, 4) is 0 Å². The number of aryl methyl sites for hydroxylation is 2. The van der Waals surface area contributed by atoms with E-state index in [0.29, 0.717) is 6.04 Å².